The average Bonchev–Trinajstić information content (AvgIpc) is 2.98. The third-order valence-corrected chi connectivity index (χ3v) is 3.95. The van der Waals surface area contributed by atoms with Gasteiger partial charge < -0.3 is 20.7 Å². The fourth-order valence-corrected chi connectivity index (χ4v) is 2.85. The molecule has 0 aliphatic carbocycles. The average molecular weight is 275 g/mol. The van der Waals surface area contributed by atoms with E-state index in [1.807, 2.05) is 0 Å². The zero-order valence-corrected chi connectivity index (χ0v) is 11.5. The van der Waals surface area contributed by atoms with Gasteiger partial charge in [0, 0.05) is 19.2 Å². The van der Waals surface area contributed by atoms with Gasteiger partial charge in [0.05, 0.1) is 12.6 Å². The molecule has 1 aromatic rings. The summed E-state index contributed by atoms with van der Waals surface area (Å²) in [5.74, 6) is 0. The van der Waals surface area contributed by atoms with E-state index in [2.05, 4.69) is 40.2 Å². The Labute approximate surface area is 119 Å². The number of amides is 2. The number of rotatable bonds is 3. The van der Waals surface area contributed by atoms with Crippen molar-refractivity contribution in [2.45, 2.75) is 24.9 Å². The van der Waals surface area contributed by atoms with Gasteiger partial charge in [-0.15, -0.1) is 0 Å². The van der Waals surface area contributed by atoms with Crippen molar-refractivity contribution in [1.29, 1.82) is 0 Å². The maximum Gasteiger partial charge on any atom is 0.315 e. The molecule has 1 fully saturated rings. The number of ether oxygens (including phenoxy) is 1. The molecule has 5 heteroatoms. The zero-order valence-electron chi connectivity index (χ0n) is 11.5. The molecular formula is C15H21N3O2. The van der Waals surface area contributed by atoms with Gasteiger partial charge in [-0.25, -0.2) is 4.79 Å². The first-order valence-corrected chi connectivity index (χ1v) is 7.26. The molecule has 0 spiro atoms. The van der Waals surface area contributed by atoms with E-state index in [1.54, 1.807) is 0 Å². The highest BCUT2D eigenvalue weighted by Crippen LogP contribution is 2.21. The van der Waals surface area contributed by atoms with Crippen molar-refractivity contribution in [3.8, 4) is 0 Å². The van der Waals surface area contributed by atoms with Crippen LogP contribution in [0.5, 0.6) is 0 Å². The summed E-state index contributed by atoms with van der Waals surface area (Å²) in [6.07, 6.45) is 1.95. The van der Waals surface area contributed by atoms with Crippen molar-refractivity contribution in [3.05, 3.63) is 35.4 Å². The number of benzene rings is 1. The van der Waals surface area contributed by atoms with Crippen LogP contribution in [0.1, 0.15) is 23.6 Å². The lowest BCUT2D eigenvalue weighted by Gasteiger charge is -2.27. The SMILES string of the molecule is O=C(NCC1NCCc2ccccc21)NC1CCOC1. The minimum atomic E-state index is -0.106. The molecule has 1 saturated heterocycles. The van der Waals surface area contributed by atoms with E-state index in [0.717, 1.165) is 26.0 Å². The van der Waals surface area contributed by atoms with Gasteiger partial charge in [-0.1, -0.05) is 24.3 Å². The van der Waals surface area contributed by atoms with Crippen molar-refractivity contribution >= 4 is 6.03 Å². The largest absolute Gasteiger partial charge is 0.379 e. The monoisotopic (exact) mass is 275 g/mol. The summed E-state index contributed by atoms with van der Waals surface area (Å²) < 4.78 is 5.24. The summed E-state index contributed by atoms with van der Waals surface area (Å²) in [6, 6.07) is 8.67. The Hall–Kier alpha value is -1.59. The predicted molar refractivity (Wildman–Crippen MR) is 76.6 cm³/mol. The van der Waals surface area contributed by atoms with Gasteiger partial charge in [0.15, 0.2) is 0 Å². The molecular weight excluding hydrogens is 254 g/mol. The highest BCUT2D eigenvalue weighted by atomic mass is 16.5. The summed E-state index contributed by atoms with van der Waals surface area (Å²) in [5, 5.41) is 9.35. The highest BCUT2D eigenvalue weighted by molar-refractivity contribution is 5.74. The summed E-state index contributed by atoms with van der Waals surface area (Å²) in [4.78, 5) is 11.8. The fourth-order valence-electron chi connectivity index (χ4n) is 2.85. The summed E-state index contributed by atoms with van der Waals surface area (Å²) in [5.41, 5.74) is 2.67. The Kier molecular flexibility index (Phi) is 4.18. The number of hydrogen-bond donors (Lipinski definition) is 3. The molecule has 2 aliphatic rings. The Bertz CT molecular complexity index is 472. The predicted octanol–water partition coefficient (Wildman–Crippen LogP) is 0.961. The Morgan fingerprint density at radius 1 is 1.40 bits per heavy atom. The van der Waals surface area contributed by atoms with Gasteiger partial charge in [0.1, 0.15) is 0 Å². The van der Waals surface area contributed by atoms with Crippen LogP contribution in [-0.2, 0) is 11.2 Å². The molecule has 0 radical (unpaired) electrons. The topological polar surface area (TPSA) is 62.4 Å². The molecule has 0 aromatic heterocycles. The van der Waals surface area contributed by atoms with Gasteiger partial charge in [0.2, 0.25) is 0 Å². The Balaban J connectivity index is 1.52. The van der Waals surface area contributed by atoms with Crippen molar-refractivity contribution in [3.63, 3.8) is 0 Å². The molecule has 1 aromatic carbocycles. The number of nitrogens with one attached hydrogen (secondary N) is 3. The van der Waals surface area contributed by atoms with E-state index in [0.29, 0.717) is 13.2 Å². The summed E-state index contributed by atoms with van der Waals surface area (Å²) in [6.45, 7) is 2.93. The van der Waals surface area contributed by atoms with Crippen LogP contribution in [0, 0.1) is 0 Å². The van der Waals surface area contributed by atoms with E-state index in [4.69, 9.17) is 4.74 Å². The minimum Gasteiger partial charge on any atom is -0.379 e. The maximum absolute atomic E-state index is 11.8. The molecule has 2 unspecified atom stereocenters. The molecule has 3 rings (SSSR count). The van der Waals surface area contributed by atoms with Gasteiger partial charge >= 0.3 is 6.03 Å². The fraction of sp³-hybridized carbons (Fsp3) is 0.533. The molecule has 0 bridgehead atoms. The molecule has 2 aliphatic heterocycles. The van der Waals surface area contributed by atoms with Crippen LogP contribution in [0.3, 0.4) is 0 Å². The van der Waals surface area contributed by atoms with Gasteiger partial charge in [-0.2, -0.15) is 0 Å². The van der Waals surface area contributed by atoms with Crippen molar-refractivity contribution in [2.75, 3.05) is 26.3 Å². The van der Waals surface area contributed by atoms with E-state index >= 15 is 0 Å². The van der Waals surface area contributed by atoms with Crippen LogP contribution in [-0.4, -0.2) is 38.4 Å². The normalized spacial score (nSPS) is 25.0. The minimum absolute atomic E-state index is 0.106. The number of fused-ring (bicyclic) bond motifs is 1. The molecule has 3 N–H and O–H groups in total. The number of carbonyl (C=O) groups is 1. The van der Waals surface area contributed by atoms with E-state index in [1.165, 1.54) is 11.1 Å². The second-order valence-corrected chi connectivity index (χ2v) is 5.37. The molecule has 2 atom stereocenters. The quantitative estimate of drug-likeness (QED) is 0.770. The standard InChI is InChI=1S/C15H21N3O2/c19-15(18-12-6-8-20-10-12)17-9-14-13-4-2-1-3-11(13)5-7-16-14/h1-4,12,14,16H,5-10H2,(H2,17,18,19). The van der Waals surface area contributed by atoms with Crippen molar-refractivity contribution in [1.82, 2.24) is 16.0 Å². The second kappa shape index (κ2) is 6.24. The first-order valence-electron chi connectivity index (χ1n) is 7.26. The first kappa shape index (κ1) is 13.4. The zero-order chi connectivity index (χ0) is 13.8. The summed E-state index contributed by atoms with van der Waals surface area (Å²) >= 11 is 0. The van der Waals surface area contributed by atoms with Gasteiger partial charge in [-0.05, 0) is 30.5 Å². The third kappa shape index (κ3) is 3.11. The molecule has 108 valence electrons. The Morgan fingerprint density at radius 3 is 3.15 bits per heavy atom. The van der Waals surface area contributed by atoms with E-state index < -0.39 is 0 Å². The highest BCUT2D eigenvalue weighted by Gasteiger charge is 2.21. The lowest BCUT2D eigenvalue weighted by atomic mass is 9.94. The first-order chi connectivity index (χ1) is 9.83. The number of urea groups is 1. The van der Waals surface area contributed by atoms with E-state index in [-0.39, 0.29) is 18.1 Å². The van der Waals surface area contributed by atoms with Gasteiger partial charge in [0.25, 0.3) is 0 Å². The van der Waals surface area contributed by atoms with Crippen LogP contribution in [0.15, 0.2) is 24.3 Å². The molecule has 2 heterocycles. The van der Waals surface area contributed by atoms with E-state index in [9.17, 15) is 4.79 Å². The molecule has 20 heavy (non-hydrogen) atoms. The van der Waals surface area contributed by atoms with Crippen LogP contribution in [0.25, 0.3) is 0 Å². The number of hydrogen-bond acceptors (Lipinski definition) is 3. The van der Waals surface area contributed by atoms with Crippen molar-refractivity contribution < 1.29 is 9.53 Å². The maximum atomic E-state index is 11.8. The lowest BCUT2D eigenvalue weighted by Crippen LogP contribution is -2.46. The van der Waals surface area contributed by atoms with Crippen LogP contribution >= 0.6 is 0 Å². The third-order valence-electron chi connectivity index (χ3n) is 3.95. The molecule has 2 amide bonds. The number of carbonyl (C=O) groups excluding carboxylic acids is 1. The second-order valence-electron chi connectivity index (χ2n) is 5.37. The van der Waals surface area contributed by atoms with Gasteiger partial charge in [-0.3, -0.25) is 0 Å². The molecule has 0 saturated carbocycles. The lowest BCUT2D eigenvalue weighted by molar-refractivity contribution is 0.188. The van der Waals surface area contributed by atoms with Crippen LogP contribution in [0.4, 0.5) is 4.79 Å². The smallest absolute Gasteiger partial charge is 0.315 e. The summed E-state index contributed by atoms with van der Waals surface area (Å²) in [7, 11) is 0. The molecule has 5 nitrogen and oxygen atoms in total. The Morgan fingerprint density at radius 2 is 2.30 bits per heavy atom. The van der Waals surface area contributed by atoms with Crippen molar-refractivity contribution in [2.24, 2.45) is 0 Å². The van der Waals surface area contributed by atoms with Crippen LogP contribution < -0.4 is 16.0 Å². The van der Waals surface area contributed by atoms with Crippen LogP contribution in [0.2, 0.25) is 0 Å².